The number of pyridine rings is 1. The van der Waals surface area contributed by atoms with Crippen molar-refractivity contribution in [2.75, 3.05) is 34.4 Å². The first-order chi connectivity index (χ1) is 30.0. The van der Waals surface area contributed by atoms with Gasteiger partial charge in [0.05, 0.1) is 24.8 Å². The molecule has 328 valence electrons. The Morgan fingerprint density at radius 2 is 1.83 bits per heavy atom. The van der Waals surface area contributed by atoms with E-state index in [4.69, 9.17) is 23.4 Å². The van der Waals surface area contributed by atoms with Crippen LogP contribution in [-0.4, -0.2) is 76.7 Å². The molecule has 5 heterocycles. The molecule has 3 aliphatic rings. The van der Waals surface area contributed by atoms with Crippen molar-refractivity contribution in [2.24, 2.45) is 13.0 Å². The Kier molecular flexibility index (Phi) is 11.8. The zero-order valence-electron chi connectivity index (χ0n) is 36.7. The minimum Gasteiger partial charge on any atom is -0.508 e. The number of hydrogen-bond donors (Lipinski definition) is 2. The maximum absolute atomic E-state index is 12.9. The fourth-order valence-corrected chi connectivity index (χ4v) is 9.88. The SMILES string of the molecule is COC12CC(COC(=O)c3cncc(Br)c3)CN(C)C1Cc1cn(C)c3cccc2c13.COc1c(CC=C(C)C)c2c(c3oc(=O)c(-c4ccc(O)cc4)c(O)c13)C=CC(C)(C)O2. The van der Waals surface area contributed by atoms with Crippen LogP contribution in [-0.2, 0) is 35.0 Å². The Balaban J connectivity index is 0.000000173. The summed E-state index contributed by atoms with van der Waals surface area (Å²) in [6, 6.07) is 14.5. The van der Waals surface area contributed by atoms with Gasteiger partial charge in [-0.3, -0.25) is 9.88 Å². The number of likely N-dealkylation sites (N-methyl/N-ethyl adjacent to an activating group) is 1. The molecule has 12 nitrogen and oxygen atoms in total. The predicted molar refractivity (Wildman–Crippen MR) is 247 cm³/mol. The summed E-state index contributed by atoms with van der Waals surface area (Å²) in [7, 11) is 7.59. The highest BCUT2D eigenvalue weighted by atomic mass is 79.9. The molecule has 2 aliphatic heterocycles. The van der Waals surface area contributed by atoms with Crippen molar-refractivity contribution in [1.29, 1.82) is 0 Å². The van der Waals surface area contributed by atoms with Gasteiger partial charge in [-0.25, -0.2) is 9.59 Å². The molecule has 6 aromatic rings. The molecule has 2 N–H and O–H groups in total. The van der Waals surface area contributed by atoms with Gasteiger partial charge in [-0.15, -0.1) is 0 Å². The number of allylic oxidation sites excluding steroid dienone is 2. The highest BCUT2D eigenvalue weighted by molar-refractivity contribution is 9.10. The number of phenols is 1. The van der Waals surface area contributed by atoms with Crippen LogP contribution < -0.4 is 15.1 Å². The molecule has 0 bridgehead atoms. The van der Waals surface area contributed by atoms with Crippen molar-refractivity contribution in [2.45, 2.75) is 64.2 Å². The number of ether oxygens (including phenoxy) is 4. The highest BCUT2D eigenvalue weighted by Gasteiger charge is 2.52. The number of aryl methyl sites for hydroxylation is 1. The number of likely N-dealkylation sites (tertiary alicyclic amines) is 1. The number of rotatable bonds is 8. The molecule has 3 aromatic carbocycles. The number of aromatic nitrogens is 2. The molecule has 0 spiro atoms. The quantitative estimate of drug-likeness (QED) is 0.0856. The van der Waals surface area contributed by atoms with Gasteiger partial charge in [0, 0.05) is 72.2 Å². The zero-order valence-corrected chi connectivity index (χ0v) is 38.3. The van der Waals surface area contributed by atoms with Gasteiger partial charge in [-0.1, -0.05) is 35.9 Å². The topological polar surface area (TPSA) is 146 Å². The normalized spacial score (nSPS) is 19.6. The van der Waals surface area contributed by atoms with Crippen LogP contribution in [0.2, 0.25) is 0 Å². The molecular formula is C50H52BrN3O9. The fourth-order valence-electron chi connectivity index (χ4n) is 9.52. The van der Waals surface area contributed by atoms with Gasteiger partial charge in [-0.05, 0) is 123 Å². The third-order valence-electron chi connectivity index (χ3n) is 12.4. The molecule has 3 aromatic heterocycles. The largest absolute Gasteiger partial charge is 0.508 e. The number of nitrogens with zero attached hydrogens (tertiary/aromatic N) is 3. The van der Waals surface area contributed by atoms with E-state index < -0.39 is 16.8 Å². The van der Waals surface area contributed by atoms with Crippen LogP contribution in [0.5, 0.6) is 23.0 Å². The summed E-state index contributed by atoms with van der Waals surface area (Å²) < 4.78 is 32.8. The number of phenolic OH excluding ortho intramolecular Hbond substituents is 1. The van der Waals surface area contributed by atoms with Gasteiger partial charge in [0.1, 0.15) is 45.1 Å². The van der Waals surface area contributed by atoms with Crippen LogP contribution in [0.15, 0.2) is 98.5 Å². The summed E-state index contributed by atoms with van der Waals surface area (Å²) in [5, 5.41) is 22.5. The minimum atomic E-state index is -0.694. The number of methoxy groups -OCH3 is 2. The van der Waals surface area contributed by atoms with E-state index in [9.17, 15) is 19.8 Å². The second kappa shape index (κ2) is 17.0. The molecule has 13 heteroatoms. The van der Waals surface area contributed by atoms with Crippen molar-refractivity contribution in [3.63, 3.8) is 0 Å². The van der Waals surface area contributed by atoms with E-state index in [-0.39, 0.29) is 40.6 Å². The third kappa shape index (κ3) is 8.02. The third-order valence-corrected chi connectivity index (χ3v) is 12.8. The molecule has 63 heavy (non-hydrogen) atoms. The van der Waals surface area contributed by atoms with Crippen LogP contribution in [0.25, 0.3) is 39.1 Å². The van der Waals surface area contributed by atoms with Crippen molar-refractivity contribution in [1.82, 2.24) is 14.5 Å². The highest BCUT2D eigenvalue weighted by Crippen LogP contribution is 2.51. The second-order valence-corrected chi connectivity index (χ2v) is 18.3. The van der Waals surface area contributed by atoms with E-state index in [1.165, 1.54) is 47.5 Å². The summed E-state index contributed by atoms with van der Waals surface area (Å²) in [6.45, 7) is 9.10. The molecular weight excluding hydrogens is 866 g/mol. The van der Waals surface area contributed by atoms with E-state index in [1.807, 2.05) is 47.0 Å². The standard InChI is InChI=1S/C26H26O6.C24H26BrN3O3/c1-14(2)6-11-17-22-18(12-13-26(3,4)32-22)24-20(23(17)30-5)21(28)19(25(29)31-24)15-7-9-16(27)10-8-15;1-27-13-17-8-21-24(30-3,19-5-4-6-20(27)22(17)19)9-15(12-28(21)2)14-31-23(29)16-7-18(25)11-26-10-16/h6-10,12-13,27-28H,11H2,1-5H3;4-7,10-11,13,15,21H,8-9,12,14H2,1-3H3. The first-order valence-corrected chi connectivity index (χ1v) is 21.7. The molecule has 1 fully saturated rings. The first kappa shape index (κ1) is 43.7. The van der Waals surface area contributed by atoms with Gasteiger partial charge < -0.3 is 38.1 Å². The monoisotopic (exact) mass is 917 g/mol. The number of carbonyl (C=O) groups is 1. The minimum absolute atomic E-state index is 0.00458. The van der Waals surface area contributed by atoms with Crippen molar-refractivity contribution < 1.29 is 38.4 Å². The Labute approximate surface area is 374 Å². The molecule has 0 radical (unpaired) electrons. The van der Waals surface area contributed by atoms with Gasteiger partial charge in [-0.2, -0.15) is 0 Å². The Hall–Kier alpha value is -5.89. The summed E-state index contributed by atoms with van der Waals surface area (Å²) in [5.41, 5.74) is 5.75. The summed E-state index contributed by atoms with van der Waals surface area (Å²) in [5.74, 6) is 0.604. The van der Waals surface area contributed by atoms with Gasteiger partial charge in [0.25, 0.3) is 0 Å². The molecule has 1 saturated heterocycles. The van der Waals surface area contributed by atoms with Crippen molar-refractivity contribution in [3.8, 4) is 34.1 Å². The lowest BCUT2D eigenvalue weighted by atomic mass is 9.69. The van der Waals surface area contributed by atoms with Crippen LogP contribution in [0.3, 0.4) is 0 Å². The maximum Gasteiger partial charge on any atom is 0.348 e. The lowest BCUT2D eigenvalue weighted by Gasteiger charge is -2.53. The Morgan fingerprint density at radius 1 is 1.06 bits per heavy atom. The van der Waals surface area contributed by atoms with Crippen LogP contribution in [0.1, 0.15) is 66.7 Å². The maximum atomic E-state index is 12.9. The van der Waals surface area contributed by atoms with E-state index in [0.29, 0.717) is 46.6 Å². The summed E-state index contributed by atoms with van der Waals surface area (Å²) in [4.78, 5) is 31.9. The average Bonchev–Trinajstić information content (AvgIpc) is 3.58. The number of fused-ring (bicyclic) bond motifs is 5. The number of hydrogen-bond acceptors (Lipinski definition) is 11. The number of carbonyl (C=O) groups excluding carboxylic acids is 1. The molecule has 9 rings (SSSR count). The molecule has 0 amide bonds. The van der Waals surface area contributed by atoms with Gasteiger partial charge in [0.15, 0.2) is 5.58 Å². The lowest BCUT2D eigenvalue weighted by Crippen LogP contribution is -2.59. The number of halogens is 1. The predicted octanol–water partition coefficient (Wildman–Crippen LogP) is 9.48. The van der Waals surface area contributed by atoms with Crippen molar-refractivity contribution in [3.05, 3.63) is 128 Å². The molecule has 3 atom stereocenters. The first-order valence-electron chi connectivity index (χ1n) is 20.9. The molecule has 0 saturated carbocycles. The smallest absolute Gasteiger partial charge is 0.348 e. The van der Waals surface area contributed by atoms with E-state index in [0.717, 1.165) is 35.0 Å². The Bertz CT molecular complexity index is 2870. The van der Waals surface area contributed by atoms with E-state index in [1.54, 1.807) is 24.4 Å². The van der Waals surface area contributed by atoms with Crippen LogP contribution in [0.4, 0.5) is 0 Å². The molecule has 3 unspecified atom stereocenters. The van der Waals surface area contributed by atoms with E-state index >= 15 is 0 Å². The summed E-state index contributed by atoms with van der Waals surface area (Å²) >= 11 is 3.35. The number of benzene rings is 3. The average molecular weight is 919 g/mol. The number of aromatic hydroxyl groups is 2. The lowest BCUT2D eigenvalue weighted by molar-refractivity contribution is -0.131. The fraction of sp³-hybridized carbons (Fsp3) is 0.340. The second-order valence-electron chi connectivity index (χ2n) is 17.4. The summed E-state index contributed by atoms with van der Waals surface area (Å²) in [6.07, 6.45) is 13.5. The van der Waals surface area contributed by atoms with Crippen molar-refractivity contribution >= 4 is 49.8 Å². The molecule has 1 aliphatic carbocycles. The van der Waals surface area contributed by atoms with Crippen LogP contribution >= 0.6 is 15.9 Å². The number of esters is 1. The number of piperidine rings is 1. The van der Waals surface area contributed by atoms with Gasteiger partial charge in [0.2, 0.25) is 0 Å². The van der Waals surface area contributed by atoms with E-state index in [2.05, 4.69) is 74.9 Å². The zero-order chi connectivity index (χ0) is 45.0. The Morgan fingerprint density at radius 3 is 2.52 bits per heavy atom. The van der Waals surface area contributed by atoms with Gasteiger partial charge >= 0.3 is 11.6 Å². The van der Waals surface area contributed by atoms with Crippen LogP contribution in [0, 0.1) is 5.92 Å².